The van der Waals surface area contributed by atoms with Crippen molar-refractivity contribution < 1.29 is 13.2 Å². The average Bonchev–Trinajstić information content (AvgIpc) is 2.47. The van der Waals surface area contributed by atoms with E-state index < -0.39 is 15.9 Å². The van der Waals surface area contributed by atoms with E-state index in [0.29, 0.717) is 5.56 Å². The first kappa shape index (κ1) is 15.9. The van der Waals surface area contributed by atoms with Gasteiger partial charge >= 0.3 is 0 Å². The fourth-order valence-corrected chi connectivity index (χ4v) is 2.36. The van der Waals surface area contributed by atoms with Crippen LogP contribution in [0.4, 0.5) is 0 Å². The number of primary sulfonamides is 1. The van der Waals surface area contributed by atoms with Gasteiger partial charge in [0.25, 0.3) is 11.5 Å². The number of nitrogens with zero attached hydrogens (tertiary/aromatic N) is 1. The molecule has 0 radical (unpaired) electrons. The van der Waals surface area contributed by atoms with Crippen LogP contribution in [-0.2, 0) is 23.6 Å². The number of rotatable bonds is 4. The van der Waals surface area contributed by atoms with Gasteiger partial charge in [-0.05, 0) is 29.8 Å². The first-order valence-electron chi connectivity index (χ1n) is 6.34. The molecule has 22 heavy (non-hydrogen) atoms. The van der Waals surface area contributed by atoms with Gasteiger partial charge in [-0.25, -0.2) is 13.6 Å². The lowest BCUT2D eigenvalue weighted by atomic mass is 10.2. The molecule has 0 bridgehead atoms. The Morgan fingerprint density at radius 3 is 2.45 bits per heavy atom. The number of hydrogen-bond donors (Lipinski definition) is 2. The SMILES string of the molecule is Cn1cccc(C(=O)NCc2ccc(S(N)(=O)=O)cc2)c1=O. The van der Waals surface area contributed by atoms with Crippen LogP contribution in [0.1, 0.15) is 15.9 Å². The zero-order valence-corrected chi connectivity index (χ0v) is 12.6. The summed E-state index contributed by atoms with van der Waals surface area (Å²) in [5, 5.41) is 7.61. The summed E-state index contributed by atoms with van der Waals surface area (Å²) >= 11 is 0. The molecule has 0 saturated carbocycles. The molecule has 1 heterocycles. The number of benzene rings is 1. The van der Waals surface area contributed by atoms with Crippen molar-refractivity contribution in [3.05, 3.63) is 64.1 Å². The van der Waals surface area contributed by atoms with E-state index in [2.05, 4.69) is 5.32 Å². The van der Waals surface area contributed by atoms with E-state index in [4.69, 9.17) is 5.14 Å². The highest BCUT2D eigenvalue weighted by molar-refractivity contribution is 7.89. The van der Waals surface area contributed by atoms with Gasteiger partial charge in [-0.3, -0.25) is 9.59 Å². The summed E-state index contributed by atoms with van der Waals surface area (Å²) in [5.74, 6) is -0.489. The molecule has 2 rings (SSSR count). The Morgan fingerprint density at radius 2 is 1.86 bits per heavy atom. The topological polar surface area (TPSA) is 111 Å². The lowest BCUT2D eigenvalue weighted by Gasteiger charge is -2.06. The minimum absolute atomic E-state index is 0.000458. The summed E-state index contributed by atoms with van der Waals surface area (Å²) in [6.07, 6.45) is 1.56. The lowest BCUT2D eigenvalue weighted by Crippen LogP contribution is -2.31. The number of amides is 1. The Bertz CT molecular complexity index is 854. The number of sulfonamides is 1. The van der Waals surface area contributed by atoms with E-state index in [0.717, 1.165) is 0 Å². The van der Waals surface area contributed by atoms with Crippen LogP contribution < -0.4 is 16.0 Å². The Hall–Kier alpha value is -2.45. The summed E-state index contributed by atoms with van der Waals surface area (Å²) in [6.45, 7) is 0.168. The molecule has 1 aromatic carbocycles. The van der Waals surface area contributed by atoms with E-state index in [1.165, 1.54) is 22.8 Å². The van der Waals surface area contributed by atoms with Crippen LogP contribution >= 0.6 is 0 Å². The van der Waals surface area contributed by atoms with Gasteiger partial charge in [0.05, 0.1) is 4.90 Å². The highest BCUT2D eigenvalue weighted by Crippen LogP contribution is 2.08. The summed E-state index contributed by atoms with van der Waals surface area (Å²) in [6, 6.07) is 8.86. The van der Waals surface area contributed by atoms with Crippen LogP contribution in [0, 0.1) is 0 Å². The molecule has 0 atom stereocenters. The molecule has 1 amide bonds. The van der Waals surface area contributed by atoms with Gasteiger partial charge in [0.1, 0.15) is 5.56 Å². The molecule has 0 aliphatic heterocycles. The van der Waals surface area contributed by atoms with Crippen molar-refractivity contribution in [1.29, 1.82) is 0 Å². The molecule has 1 aromatic heterocycles. The number of carbonyl (C=O) groups is 1. The maximum absolute atomic E-state index is 12.0. The molecule has 3 N–H and O–H groups in total. The van der Waals surface area contributed by atoms with Gasteiger partial charge in [-0.1, -0.05) is 12.1 Å². The number of hydrogen-bond acceptors (Lipinski definition) is 4. The second-order valence-corrected chi connectivity index (χ2v) is 6.27. The van der Waals surface area contributed by atoms with Crippen LogP contribution in [0.2, 0.25) is 0 Å². The monoisotopic (exact) mass is 321 g/mol. The number of aromatic nitrogens is 1. The Kier molecular flexibility index (Phi) is 4.43. The van der Waals surface area contributed by atoms with Gasteiger partial charge in [0.15, 0.2) is 0 Å². The van der Waals surface area contributed by atoms with Crippen LogP contribution in [0.25, 0.3) is 0 Å². The molecule has 2 aromatic rings. The van der Waals surface area contributed by atoms with Crippen molar-refractivity contribution >= 4 is 15.9 Å². The number of carbonyl (C=O) groups excluding carboxylic acids is 1. The van der Waals surface area contributed by atoms with E-state index in [9.17, 15) is 18.0 Å². The van der Waals surface area contributed by atoms with Gasteiger partial charge in [-0.2, -0.15) is 0 Å². The molecule has 0 aliphatic rings. The van der Waals surface area contributed by atoms with Gasteiger partial charge in [0, 0.05) is 19.8 Å². The minimum Gasteiger partial charge on any atom is -0.348 e. The van der Waals surface area contributed by atoms with Crippen LogP contribution in [0.15, 0.2) is 52.3 Å². The van der Waals surface area contributed by atoms with Crippen molar-refractivity contribution in [2.45, 2.75) is 11.4 Å². The van der Waals surface area contributed by atoms with Crippen molar-refractivity contribution in [2.24, 2.45) is 12.2 Å². The van der Waals surface area contributed by atoms with Gasteiger partial charge < -0.3 is 9.88 Å². The highest BCUT2D eigenvalue weighted by Gasteiger charge is 2.11. The molecular formula is C14H15N3O4S. The van der Waals surface area contributed by atoms with Crippen LogP contribution in [0.5, 0.6) is 0 Å². The first-order chi connectivity index (χ1) is 10.3. The predicted molar refractivity (Wildman–Crippen MR) is 80.7 cm³/mol. The van der Waals surface area contributed by atoms with Crippen molar-refractivity contribution in [1.82, 2.24) is 9.88 Å². The molecule has 0 unspecified atom stereocenters. The lowest BCUT2D eigenvalue weighted by molar-refractivity contribution is 0.0949. The molecule has 0 saturated heterocycles. The number of nitrogens with two attached hydrogens (primary N) is 1. The average molecular weight is 321 g/mol. The van der Waals surface area contributed by atoms with E-state index in [-0.39, 0.29) is 22.6 Å². The standard InChI is InChI=1S/C14H15N3O4S/c1-17-8-2-3-12(14(17)19)13(18)16-9-10-4-6-11(7-5-10)22(15,20)21/h2-8H,9H2,1H3,(H,16,18)(H2,15,20,21). The number of pyridine rings is 1. The maximum Gasteiger partial charge on any atom is 0.263 e. The second kappa shape index (κ2) is 6.12. The summed E-state index contributed by atoms with van der Waals surface area (Å²) in [4.78, 5) is 23.8. The summed E-state index contributed by atoms with van der Waals surface area (Å²) < 4.78 is 23.6. The van der Waals surface area contributed by atoms with Gasteiger partial charge in [0.2, 0.25) is 10.0 Å². The zero-order valence-electron chi connectivity index (χ0n) is 11.8. The third-order valence-corrected chi connectivity index (χ3v) is 4.00. The van der Waals surface area contributed by atoms with Crippen molar-refractivity contribution in [3.8, 4) is 0 Å². The number of nitrogens with one attached hydrogen (secondary N) is 1. The molecule has 0 spiro atoms. The minimum atomic E-state index is -3.74. The maximum atomic E-state index is 12.0. The van der Waals surface area contributed by atoms with Crippen molar-refractivity contribution in [3.63, 3.8) is 0 Å². The molecule has 8 heteroatoms. The largest absolute Gasteiger partial charge is 0.348 e. The van der Waals surface area contributed by atoms with E-state index >= 15 is 0 Å². The summed E-state index contributed by atoms with van der Waals surface area (Å²) in [5.41, 5.74) is 0.351. The first-order valence-corrected chi connectivity index (χ1v) is 7.89. The Balaban J connectivity index is 2.08. The van der Waals surface area contributed by atoms with Crippen LogP contribution in [0.3, 0.4) is 0 Å². The predicted octanol–water partition coefficient (Wildman–Crippen LogP) is -0.0373. The normalized spacial score (nSPS) is 11.2. The van der Waals surface area contributed by atoms with Crippen molar-refractivity contribution in [2.75, 3.05) is 0 Å². The number of aryl methyl sites for hydroxylation is 1. The van der Waals surface area contributed by atoms with Crippen LogP contribution in [-0.4, -0.2) is 18.9 Å². The van der Waals surface area contributed by atoms with E-state index in [1.54, 1.807) is 31.4 Å². The zero-order chi connectivity index (χ0) is 16.3. The third kappa shape index (κ3) is 3.60. The molecule has 7 nitrogen and oxygen atoms in total. The highest BCUT2D eigenvalue weighted by atomic mass is 32.2. The molecule has 0 aliphatic carbocycles. The van der Waals surface area contributed by atoms with E-state index in [1.807, 2.05) is 0 Å². The Labute approximate surface area is 127 Å². The molecule has 0 fully saturated rings. The fraction of sp³-hybridized carbons (Fsp3) is 0.143. The second-order valence-electron chi connectivity index (χ2n) is 4.71. The quantitative estimate of drug-likeness (QED) is 0.823. The third-order valence-electron chi connectivity index (χ3n) is 3.07. The summed E-state index contributed by atoms with van der Waals surface area (Å²) in [7, 11) is -2.18. The fourth-order valence-electron chi connectivity index (χ4n) is 1.84. The smallest absolute Gasteiger partial charge is 0.263 e. The molecular weight excluding hydrogens is 306 g/mol. The molecule has 116 valence electrons. The Morgan fingerprint density at radius 1 is 1.23 bits per heavy atom. The van der Waals surface area contributed by atoms with Gasteiger partial charge in [-0.15, -0.1) is 0 Å².